The quantitative estimate of drug-likeness (QED) is 0.583. The average molecular weight is 332 g/mol. The monoisotopic (exact) mass is 332 g/mol. The fourth-order valence-electron chi connectivity index (χ4n) is 4.26. The maximum atomic E-state index is 12.3. The van der Waals surface area contributed by atoms with Crippen LogP contribution < -0.4 is 11.5 Å². The SMILES string of the molecule is Nc1cc(N)cc(C(=O)OC2CCC(C3CCC(O)CC3)CC2)c1. The van der Waals surface area contributed by atoms with Crippen molar-refractivity contribution < 1.29 is 14.6 Å². The largest absolute Gasteiger partial charge is 0.459 e. The first kappa shape index (κ1) is 17.1. The van der Waals surface area contributed by atoms with E-state index in [0.29, 0.717) is 16.9 Å². The van der Waals surface area contributed by atoms with Gasteiger partial charge in [-0.25, -0.2) is 4.79 Å². The average Bonchev–Trinajstić information content (AvgIpc) is 2.55. The van der Waals surface area contributed by atoms with Gasteiger partial charge >= 0.3 is 5.97 Å². The molecule has 0 heterocycles. The molecular weight excluding hydrogens is 304 g/mol. The van der Waals surface area contributed by atoms with Crippen molar-refractivity contribution in [1.82, 2.24) is 0 Å². The van der Waals surface area contributed by atoms with Crippen molar-refractivity contribution in [3.63, 3.8) is 0 Å². The molecule has 0 bridgehead atoms. The second-order valence-corrected chi connectivity index (χ2v) is 7.40. The molecule has 5 N–H and O–H groups in total. The van der Waals surface area contributed by atoms with Gasteiger partial charge in [-0.05, 0) is 81.4 Å². The third-order valence-electron chi connectivity index (χ3n) is 5.61. The number of ether oxygens (including phenoxy) is 1. The zero-order valence-electron chi connectivity index (χ0n) is 14.1. The van der Waals surface area contributed by atoms with Gasteiger partial charge in [0, 0.05) is 11.4 Å². The lowest BCUT2D eigenvalue weighted by atomic mass is 9.72. The number of esters is 1. The second-order valence-electron chi connectivity index (χ2n) is 7.40. The molecule has 0 atom stereocenters. The number of carbonyl (C=O) groups excluding carboxylic acids is 1. The molecular formula is C19H28N2O3. The van der Waals surface area contributed by atoms with Gasteiger partial charge in [-0.1, -0.05) is 0 Å². The van der Waals surface area contributed by atoms with Crippen LogP contribution in [0, 0.1) is 11.8 Å². The summed E-state index contributed by atoms with van der Waals surface area (Å²) in [4.78, 5) is 12.3. The van der Waals surface area contributed by atoms with Crippen LogP contribution >= 0.6 is 0 Å². The highest BCUT2D eigenvalue weighted by molar-refractivity contribution is 5.91. The summed E-state index contributed by atoms with van der Waals surface area (Å²) in [6.45, 7) is 0. The molecule has 0 radical (unpaired) electrons. The van der Waals surface area contributed by atoms with Crippen molar-refractivity contribution in [3.8, 4) is 0 Å². The molecule has 5 nitrogen and oxygen atoms in total. The molecule has 2 fully saturated rings. The van der Waals surface area contributed by atoms with Crippen LogP contribution in [0.4, 0.5) is 11.4 Å². The molecule has 0 spiro atoms. The van der Waals surface area contributed by atoms with Crippen LogP contribution in [0.3, 0.4) is 0 Å². The zero-order chi connectivity index (χ0) is 17.1. The summed E-state index contributed by atoms with van der Waals surface area (Å²) in [7, 11) is 0. The molecule has 5 heteroatoms. The maximum Gasteiger partial charge on any atom is 0.338 e. The predicted octanol–water partition coefficient (Wildman–Crippen LogP) is 3.12. The minimum absolute atomic E-state index is 0.00872. The first-order chi connectivity index (χ1) is 11.5. The molecule has 1 aromatic rings. The molecule has 2 aliphatic rings. The highest BCUT2D eigenvalue weighted by atomic mass is 16.5. The zero-order valence-corrected chi connectivity index (χ0v) is 14.1. The highest BCUT2D eigenvalue weighted by Crippen LogP contribution is 2.39. The van der Waals surface area contributed by atoms with Crippen LogP contribution in [0.25, 0.3) is 0 Å². The Balaban J connectivity index is 1.49. The Kier molecular flexibility index (Phi) is 5.29. The van der Waals surface area contributed by atoms with Crippen LogP contribution in [-0.4, -0.2) is 23.3 Å². The van der Waals surface area contributed by atoms with E-state index in [4.69, 9.17) is 16.2 Å². The number of hydrogen-bond acceptors (Lipinski definition) is 5. The number of nitrogen functional groups attached to an aromatic ring is 2. The number of anilines is 2. The van der Waals surface area contributed by atoms with Crippen LogP contribution in [-0.2, 0) is 4.74 Å². The number of nitrogens with two attached hydrogens (primary N) is 2. The molecule has 0 unspecified atom stereocenters. The standard InChI is InChI=1S/C19H28N2O3/c20-15-9-14(10-16(21)11-15)19(23)24-18-7-3-13(4-8-18)12-1-5-17(22)6-2-12/h9-13,17-18,22H,1-8,20-21H2. The molecule has 0 aliphatic heterocycles. The summed E-state index contributed by atoms with van der Waals surface area (Å²) < 4.78 is 5.65. The third kappa shape index (κ3) is 4.20. The Morgan fingerprint density at radius 1 is 0.875 bits per heavy atom. The molecule has 2 saturated carbocycles. The van der Waals surface area contributed by atoms with E-state index in [0.717, 1.165) is 63.2 Å². The summed E-state index contributed by atoms with van der Waals surface area (Å²) in [5, 5.41) is 9.64. The van der Waals surface area contributed by atoms with Crippen LogP contribution in [0.5, 0.6) is 0 Å². The summed E-state index contributed by atoms with van der Waals surface area (Å²) in [5.41, 5.74) is 12.9. The summed E-state index contributed by atoms with van der Waals surface area (Å²) in [5.74, 6) is 1.12. The van der Waals surface area contributed by atoms with Gasteiger partial charge in [0.15, 0.2) is 0 Å². The summed E-state index contributed by atoms with van der Waals surface area (Å²) in [6, 6.07) is 4.85. The van der Waals surface area contributed by atoms with Gasteiger partial charge in [0.1, 0.15) is 6.10 Å². The Morgan fingerprint density at radius 2 is 1.38 bits per heavy atom. The lowest BCUT2D eigenvalue weighted by Crippen LogP contribution is -2.30. The van der Waals surface area contributed by atoms with Gasteiger partial charge in [0.2, 0.25) is 0 Å². The van der Waals surface area contributed by atoms with E-state index < -0.39 is 0 Å². The number of aliphatic hydroxyl groups excluding tert-OH is 1. The van der Waals surface area contributed by atoms with Gasteiger partial charge in [-0.15, -0.1) is 0 Å². The smallest absolute Gasteiger partial charge is 0.338 e. The van der Waals surface area contributed by atoms with Gasteiger partial charge in [0.05, 0.1) is 11.7 Å². The highest BCUT2D eigenvalue weighted by Gasteiger charge is 2.31. The number of hydrogen-bond donors (Lipinski definition) is 3. The Bertz CT molecular complexity index is 554. The molecule has 3 rings (SSSR count). The van der Waals surface area contributed by atoms with E-state index in [-0.39, 0.29) is 18.2 Å². The van der Waals surface area contributed by atoms with E-state index >= 15 is 0 Å². The fourth-order valence-corrected chi connectivity index (χ4v) is 4.26. The number of benzene rings is 1. The molecule has 0 amide bonds. The molecule has 2 aliphatic carbocycles. The van der Waals surface area contributed by atoms with Crippen molar-refractivity contribution >= 4 is 17.3 Å². The number of rotatable bonds is 3. The Morgan fingerprint density at radius 3 is 1.92 bits per heavy atom. The third-order valence-corrected chi connectivity index (χ3v) is 5.61. The summed E-state index contributed by atoms with van der Waals surface area (Å²) >= 11 is 0. The van der Waals surface area contributed by atoms with Crippen molar-refractivity contribution in [2.24, 2.45) is 11.8 Å². The van der Waals surface area contributed by atoms with Crippen molar-refractivity contribution in [1.29, 1.82) is 0 Å². The lowest BCUT2D eigenvalue weighted by molar-refractivity contribution is 0.00849. The second kappa shape index (κ2) is 7.43. The van der Waals surface area contributed by atoms with E-state index in [2.05, 4.69) is 0 Å². The summed E-state index contributed by atoms with van der Waals surface area (Å²) in [6.07, 6.45) is 8.12. The van der Waals surface area contributed by atoms with E-state index in [9.17, 15) is 9.90 Å². The van der Waals surface area contributed by atoms with Crippen molar-refractivity contribution in [2.45, 2.75) is 63.6 Å². The number of carbonyl (C=O) groups is 1. The minimum atomic E-state index is -0.335. The Labute approximate surface area is 143 Å². The normalized spacial score (nSPS) is 30.7. The molecule has 132 valence electrons. The molecule has 1 aromatic carbocycles. The number of aliphatic hydroxyl groups is 1. The fraction of sp³-hybridized carbons (Fsp3) is 0.632. The van der Waals surface area contributed by atoms with E-state index in [1.165, 1.54) is 0 Å². The molecule has 24 heavy (non-hydrogen) atoms. The van der Waals surface area contributed by atoms with Crippen molar-refractivity contribution in [2.75, 3.05) is 11.5 Å². The first-order valence-electron chi connectivity index (χ1n) is 9.06. The molecule has 0 aromatic heterocycles. The van der Waals surface area contributed by atoms with E-state index in [1.807, 2.05) is 0 Å². The van der Waals surface area contributed by atoms with E-state index in [1.54, 1.807) is 18.2 Å². The van der Waals surface area contributed by atoms with Gasteiger partial charge in [-0.2, -0.15) is 0 Å². The Hall–Kier alpha value is -1.75. The van der Waals surface area contributed by atoms with Crippen LogP contribution in [0.15, 0.2) is 18.2 Å². The van der Waals surface area contributed by atoms with Gasteiger partial charge in [0.25, 0.3) is 0 Å². The van der Waals surface area contributed by atoms with Gasteiger partial charge in [-0.3, -0.25) is 0 Å². The van der Waals surface area contributed by atoms with Crippen LogP contribution in [0.2, 0.25) is 0 Å². The maximum absolute atomic E-state index is 12.3. The molecule has 0 saturated heterocycles. The first-order valence-corrected chi connectivity index (χ1v) is 9.06. The predicted molar refractivity (Wildman–Crippen MR) is 94.4 cm³/mol. The van der Waals surface area contributed by atoms with Gasteiger partial charge < -0.3 is 21.3 Å². The minimum Gasteiger partial charge on any atom is -0.459 e. The van der Waals surface area contributed by atoms with Crippen molar-refractivity contribution in [3.05, 3.63) is 23.8 Å². The topological polar surface area (TPSA) is 98.6 Å². The van der Waals surface area contributed by atoms with Crippen LogP contribution in [0.1, 0.15) is 61.7 Å². The lowest BCUT2D eigenvalue weighted by Gasteiger charge is -2.36.